The monoisotopic (exact) mass is 523 g/mol. The Morgan fingerprint density at radius 1 is 0.939 bits per heavy atom. The van der Waals surface area contributed by atoms with Crippen molar-refractivity contribution >= 4 is 62.6 Å². The Balaban J connectivity index is 1.86. The molecule has 0 spiro atoms. The predicted octanol–water partition coefficient (Wildman–Crippen LogP) is 5.61. The first-order valence-electron chi connectivity index (χ1n) is 9.70. The van der Waals surface area contributed by atoms with E-state index >= 15 is 0 Å². The van der Waals surface area contributed by atoms with Gasteiger partial charge >= 0.3 is 0 Å². The molecular weight excluding hydrogens is 505 g/mol. The molecule has 10 heteroatoms. The highest BCUT2D eigenvalue weighted by Gasteiger charge is 2.27. The van der Waals surface area contributed by atoms with Crippen LogP contribution >= 0.6 is 34.8 Å². The number of sulfonamides is 1. The summed E-state index contributed by atoms with van der Waals surface area (Å²) in [5, 5.41) is 5.01. The number of amides is 1. The van der Waals surface area contributed by atoms with Gasteiger partial charge in [-0.05, 0) is 61.4 Å². The summed E-state index contributed by atoms with van der Waals surface area (Å²) in [5.74, 6) is -0.640. The summed E-state index contributed by atoms with van der Waals surface area (Å²) < 4.78 is 27.7. The summed E-state index contributed by atoms with van der Waals surface area (Å²) in [4.78, 5) is 12.7. The van der Waals surface area contributed by atoms with Crippen molar-refractivity contribution in [3.8, 4) is 0 Å². The fourth-order valence-electron chi connectivity index (χ4n) is 2.83. The number of hydrogen-bond donors (Lipinski definition) is 1. The average molecular weight is 525 g/mol. The Morgan fingerprint density at radius 3 is 2.27 bits per heavy atom. The average Bonchev–Trinajstić information content (AvgIpc) is 2.77. The first-order chi connectivity index (χ1) is 15.6. The van der Waals surface area contributed by atoms with Crippen LogP contribution in [0.4, 0.5) is 5.69 Å². The zero-order chi connectivity index (χ0) is 24.2. The number of carbonyl (C=O) groups excluding carboxylic acids is 1. The molecule has 172 valence electrons. The van der Waals surface area contributed by atoms with Crippen LogP contribution in [0.15, 0.2) is 70.7 Å². The number of benzene rings is 3. The van der Waals surface area contributed by atoms with Gasteiger partial charge in [-0.3, -0.25) is 9.10 Å². The smallest absolute Gasteiger partial charge is 0.264 e. The minimum Gasteiger partial charge on any atom is -0.271 e. The maximum Gasteiger partial charge on any atom is 0.264 e. The van der Waals surface area contributed by atoms with E-state index in [0.717, 1.165) is 15.4 Å². The van der Waals surface area contributed by atoms with E-state index in [1.54, 1.807) is 49.4 Å². The van der Waals surface area contributed by atoms with E-state index in [1.165, 1.54) is 24.4 Å². The van der Waals surface area contributed by atoms with Gasteiger partial charge in [0.05, 0.1) is 26.8 Å². The van der Waals surface area contributed by atoms with E-state index in [9.17, 15) is 13.2 Å². The first kappa shape index (κ1) is 25.1. The second-order valence-corrected chi connectivity index (χ2v) is 10.3. The highest BCUT2D eigenvalue weighted by molar-refractivity contribution is 7.92. The number of nitrogens with one attached hydrogen (secondary N) is 1. The van der Waals surface area contributed by atoms with Gasteiger partial charge in [-0.25, -0.2) is 13.8 Å². The molecule has 0 aliphatic rings. The van der Waals surface area contributed by atoms with E-state index in [1.807, 2.05) is 6.92 Å². The van der Waals surface area contributed by atoms with Gasteiger partial charge in [0, 0.05) is 5.02 Å². The molecule has 0 unspecified atom stereocenters. The molecular formula is C23H20Cl3N3O3S. The van der Waals surface area contributed by atoms with Crippen molar-refractivity contribution in [2.45, 2.75) is 18.7 Å². The fraction of sp³-hybridized carbons (Fsp3) is 0.130. The molecule has 3 rings (SSSR count). The van der Waals surface area contributed by atoms with Crippen LogP contribution in [0.1, 0.15) is 16.7 Å². The topological polar surface area (TPSA) is 78.8 Å². The zero-order valence-electron chi connectivity index (χ0n) is 17.7. The van der Waals surface area contributed by atoms with Gasteiger partial charge in [0.1, 0.15) is 6.54 Å². The van der Waals surface area contributed by atoms with Crippen LogP contribution in [0.5, 0.6) is 0 Å². The van der Waals surface area contributed by atoms with E-state index in [2.05, 4.69) is 10.5 Å². The summed E-state index contributed by atoms with van der Waals surface area (Å²) in [7, 11) is -4.05. The van der Waals surface area contributed by atoms with Crippen LogP contribution in [-0.2, 0) is 14.8 Å². The van der Waals surface area contributed by atoms with E-state index in [0.29, 0.717) is 20.6 Å². The van der Waals surface area contributed by atoms with Crippen molar-refractivity contribution in [1.82, 2.24) is 5.43 Å². The molecule has 0 radical (unpaired) electrons. The van der Waals surface area contributed by atoms with Gasteiger partial charge in [-0.15, -0.1) is 0 Å². The minimum absolute atomic E-state index is 0.0527. The zero-order valence-corrected chi connectivity index (χ0v) is 20.8. The standard InChI is InChI=1S/C23H20Cl3N3O3S/c1-15-3-8-19(9-4-15)33(31,32)29(18-7-5-16(2)21(25)12-18)14-23(30)28-27-13-17-6-10-20(24)22(26)11-17/h3-13H,14H2,1-2H3,(H,28,30)/b27-13-. The largest absolute Gasteiger partial charge is 0.271 e. The summed E-state index contributed by atoms with van der Waals surface area (Å²) in [6.07, 6.45) is 1.38. The van der Waals surface area contributed by atoms with E-state index in [-0.39, 0.29) is 10.6 Å². The maximum atomic E-state index is 13.4. The lowest BCUT2D eigenvalue weighted by Gasteiger charge is -2.24. The van der Waals surface area contributed by atoms with Gasteiger partial charge < -0.3 is 0 Å². The molecule has 0 atom stereocenters. The van der Waals surface area contributed by atoms with Crippen molar-refractivity contribution in [3.05, 3.63) is 92.4 Å². The lowest BCUT2D eigenvalue weighted by molar-refractivity contribution is -0.119. The third kappa shape index (κ3) is 6.26. The number of anilines is 1. The fourth-order valence-corrected chi connectivity index (χ4v) is 4.72. The van der Waals surface area contributed by atoms with Crippen LogP contribution in [0.2, 0.25) is 15.1 Å². The summed E-state index contributed by atoms with van der Waals surface area (Å²) in [6.45, 7) is 3.15. The number of hydrogen-bond acceptors (Lipinski definition) is 4. The third-order valence-electron chi connectivity index (χ3n) is 4.69. The second-order valence-electron chi connectivity index (χ2n) is 7.22. The third-order valence-corrected chi connectivity index (χ3v) is 7.62. The van der Waals surface area contributed by atoms with Gasteiger partial charge in [-0.2, -0.15) is 5.10 Å². The second kappa shape index (κ2) is 10.6. The van der Waals surface area contributed by atoms with Crippen molar-refractivity contribution in [2.75, 3.05) is 10.8 Å². The summed E-state index contributed by atoms with van der Waals surface area (Å²) >= 11 is 18.1. The predicted molar refractivity (Wildman–Crippen MR) is 134 cm³/mol. The number of aryl methyl sites for hydroxylation is 2. The number of rotatable bonds is 7. The number of nitrogens with zero attached hydrogens (tertiary/aromatic N) is 2. The molecule has 0 aliphatic heterocycles. The lowest BCUT2D eigenvalue weighted by atomic mass is 10.2. The van der Waals surface area contributed by atoms with Crippen LogP contribution in [-0.4, -0.2) is 27.1 Å². The van der Waals surface area contributed by atoms with Crippen molar-refractivity contribution in [3.63, 3.8) is 0 Å². The highest BCUT2D eigenvalue weighted by atomic mass is 35.5. The molecule has 33 heavy (non-hydrogen) atoms. The Labute approximate surface area is 207 Å². The van der Waals surface area contributed by atoms with Crippen LogP contribution in [0, 0.1) is 13.8 Å². The Kier molecular flexibility index (Phi) is 8.02. The molecule has 0 saturated heterocycles. The number of halogens is 3. The van der Waals surface area contributed by atoms with Crippen LogP contribution < -0.4 is 9.73 Å². The van der Waals surface area contributed by atoms with Crippen molar-refractivity contribution in [1.29, 1.82) is 0 Å². The molecule has 0 aromatic heterocycles. The SMILES string of the molecule is Cc1ccc(S(=O)(=O)N(CC(=O)N/N=C\c2ccc(Cl)c(Cl)c2)c2ccc(C)c(Cl)c2)cc1. The van der Waals surface area contributed by atoms with Crippen molar-refractivity contribution in [2.24, 2.45) is 5.10 Å². The molecule has 0 bridgehead atoms. The summed E-state index contributed by atoms with van der Waals surface area (Å²) in [6, 6.07) is 16.0. The van der Waals surface area contributed by atoms with Crippen molar-refractivity contribution < 1.29 is 13.2 Å². The normalized spacial score (nSPS) is 11.5. The maximum absolute atomic E-state index is 13.4. The molecule has 0 saturated carbocycles. The van der Waals surface area contributed by atoms with E-state index in [4.69, 9.17) is 34.8 Å². The Hall–Kier alpha value is -2.58. The van der Waals surface area contributed by atoms with Gasteiger partial charge in [0.2, 0.25) is 0 Å². The quantitative estimate of drug-likeness (QED) is 0.322. The summed E-state index contributed by atoms with van der Waals surface area (Å²) in [5.41, 5.74) is 4.90. The molecule has 3 aromatic carbocycles. The highest BCUT2D eigenvalue weighted by Crippen LogP contribution is 2.28. The van der Waals surface area contributed by atoms with Gasteiger partial charge in [-0.1, -0.05) is 64.6 Å². The van der Waals surface area contributed by atoms with E-state index < -0.39 is 22.5 Å². The Bertz CT molecular complexity index is 1310. The molecule has 0 fully saturated rings. The molecule has 0 aliphatic carbocycles. The number of carbonyl (C=O) groups is 1. The lowest BCUT2D eigenvalue weighted by Crippen LogP contribution is -2.39. The minimum atomic E-state index is -4.05. The molecule has 1 N–H and O–H groups in total. The van der Waals surface area contributed by atoms with Crippen LogP contribution in [0.25, 0.3) is 0 Å². The molecule has 3 aromatic rings. The van der Waals surface area contributed by atoms with Gasteiger partial charge in [0.25, 0.3) is 15.9 Å². The molecule has 6 nitrogen and oxygen atoms in total. The first-order valence-corrected chi connectivity index (χ1v) is 12.3. The number of hydrazone groups is 1. The Morgan fingerprint density at radius 2 is 1.64 bits per heavy atom. The van der Waals surface area contributed by atoms with Gasteiger partial charge in [0.15, 0.2) is 0 Å². The molecule has 0 heterocycles. The molecule has 1 amide bonds. The van der Waals surface area contributed by atoms with Crippen LogP contribution in [0.3, 0.4) is 0 Å².